The standard InChI is InChI=1S/C15H38N6/c16-9-1-5-14(13-20,6-2-10-17)15(21,7-3-11-18)8-4-12-19/h1-13,16-21H2. The van der Waals surface area contributed by atoms with Gasteiger partial charge in [0, 0.05) is 11.0 Å². The first-order valence-electron chi connectivity index (χ1n) is 8.35. The molecule has 0 saturated heterocycles. The van der Waals surface area contributed by atoms with Gasteiger partial charge in [-0.15, -0.1) is 0 Å². The highest BCUT2D eigenvalue weighted by Crippen LogP contribution is 2.43. The number of nitrogens with two attached hydrogens (primary N) is 6. The van der Waals surface area contributed by atoms with Crippen LogP contribution in [0.5, 0.6) is 0 Å². The molecule has 0 aromatic heterocycles. The van der Waals surface area contributed by atoms with Crippen molar-refractivity contribution < 1.29 is 0 Å². The molecule has 0 rings (SSSR count). The lowest BCUT2D eigenvalue weighted by Crippen LogP contribution is -2.59. The van der Waals surface area contributed by atoms with Gasteiger partial charge in [-0.25, -0.2) is 0 Å². The maximum Gasteiger partial charge on any atom is 0.0224 e. The minimum atomic E-state index is -0.329. The smallest absolute Gasteiger partial charge is 0.0224 e. The van der Waals surface area contributed by atoms with Crippen LogP contribution in [0.3, 0.4) is 0 Å². The summed E-state index contributed by atoms with van der Waals surface area (Å²) in [6.45, 7) is 3.19. The lowest BCUT2D eigenvalue weighted by atomic mass is 9.61. The van der Waals surface area contributed by atoms with Crippen molar-refractivity contribution in [1.29, 1.82) is 0 Å². The van der Waals surface area contributed by atoms with Crippen LogP contribution in [-0.2, 0) is 0 Å². The van der Waals surface area contributed by atoms with Crippen LogP contribution in [0.2, 0.25) is 0 Å². The SMILES string of the molecule is NCCCC(N)(CCCN)C(CN)(CCCN)CCCN. The van der Waals surface area contributed by atoms with Crippen LogP contribution in [0.25, 0.3) is 0 Å². The Labute approximate surface area is 130 Å². The average Bonchev–Trinajstić information content (AvgIpc) is 2.51. The zero-order valence-electron chi connectivity index (χ0n) is 13.7. The van der Waals surface area contributed by atoms with Crippen molar-refractivity contribution in [3.05, 3.63) is 0 Å². The van der Waals surface area contributed by atoms with Crippen molar-refractivity contribution in [3.8, 4) is 0 Å². The van der Waals surface area contributed by atoms with Crippen LogP contribution < -0.4 is 34.4 Å². The van der Waals surface area contributed by atoms with Gasteiger partial charge in [0.15, 0.2) is 0 Å². The van der Waals surface area contributed by atoms with Crippen molar-refractivity contribution in [2.75, 3.05) is 32.7 Å². The highest BCUT2D eigenvalue weighted by Gasteiger charge is 2.45. The molecule has 6 heteroatoms. The summed E-state index contributed by atoms with van der Waals surface area (Å²) in [5.74, 6) is 0. The molecule has 0 spiro atoms. The molecule has 0 aliphatic carbocycles. The van der Waals surface area contributed by atoms with Gasteiger partial charge < -0.3 is 34.4 Å². The van der Waals surface area contributed by atoms with E-state index in [0.717, 1.165) is 51.4 Å². The molecule has 0 fully saturated rings. The molecule has 0 saturated carbocycles. The third-order valence-electron chi connectivity index (χ3n) is 4.82. The highest BCUT2D eigenvalue weighted by molar-refractivity contribution is 5.03. The summed E-state index contributed by atoms with van der Waals surface area (Å²) in [6.07, 6.45) is 7.36. The van der Waals surface area contributed by atoms with Gasteiger partial charge in [-0.1, -0.05) is 0 Å². The van der Waals surface area contributed by atoms with Gasteiger partial charge in [-0.05, 0) is 84.1 Å². The largest absolute Gasteiger partial charge is 0.330 e. The fourth-order valence-electron chi connectivity index (χ4n) is 3.40. The first kappa shape index (κ1) is 20.8. The van der Waals surface area contributed by atoms with E-state index in [4.69, 9.17) is 34.4 Å². The summed E-state index contributed by atoms with van der Waals surface area (Å²) >= 11 is 0. The number of hydrogen-bond acceptors (Lipinski definition) is 6. The molecular formula is C15H38N6. The zero-order chi connectivity index (χ0) is 16.2. The molecule has 0 bridgehead atoms. The molecule has 21 heavy (non-hydrogen) atoms. The normalized spacial score (nSPS) is 12.9. The van der Waals surface area contributed by atoms with Crippen LogP contribution in [0.1, 0.15) is 51.4 Å². The molecule has 0 aromatic rings. The van der Waals surface area contributed by atoms with E-state index >= 15 is 0 Å². The third kappa shape index (κ3) is 6.18. The topological polar surface area (TPSA) is 156 Å². The van der Waals surface area contributed by atoms with Gasteiger partial charge in [0.25, 0.3) is 0 Å². The second-order valence-corrected chi connectivity index (χ2v) is 6.21. The molecular weight excluding hydrogens is 264 g/mol. The summed E-state index contributed by atoms with van der Waals surface area (Å²) < 4.78 is 0. The van der Waals surface area contributed by atoms with Gasteiger partial charge in [0.05, 0.1) is 0 Å². The van der Waals surface area contributed by atoms with Crippen molar-refractivity contribution in [2.45, 2.75) is 56.9 Å². The molecule has 0 aliphatic rings. The lowest BCUT2D eigenvalue weighted by Gasteiger charge is -2.49. The van der Waals surface area contributed by atoms with E-state index in [1.54, 1.807) is 0 Å². The van der Waals surface area contributed by atoms with Crippen LogP contribution in [0, 0.1) is 5.41 Å². The highest BCUT2D eigenvalue weighted by atomic mass is 14.8. The monoisotopic (exact) mass is 302 g/mol. The Balaban J connectivity index is 5.26. The third-order valence-corrected chi connectivity index (χ3v) is 4.82. The van der Waals surface area contributed by atoms with Gasteiger partial charge in [0.1, 0.15) is 0 Å². The molecule has 0 aliphatic heterocycles. The zero-order valence-corrected chi connectivity index (χ0v) is 13.7. The fourth-order valence-corrected chi connectivity index (χ4v) is 3.40. The first-order chi connectivity index (χ1) is 10.1. The molecule has 12 N–H and O–H groups in total. The van der Waals surface area contributed by atoms with Crippen molar-refractivity contribution in [1.82, 2.24) is 0 Å². The molecule has 0 atom stereocenters. The second kappa shape index (κ2) is 11.3. The summed E-state index contributed by atoms with van der Waals surface area (Å²) in [7, 11) is 0. The van der Waals surface area contributed by atoms with Gasteiger partial charge >= 0.3 is 0 Å². The van der Waals surface area contributed by atoms with Crippen LogP contribution in [0.15, 0.2) is 0 Å². The Morgan fingerprint density at radius 1 is 0.524 bits per heavy atom. The summed E-state index contributed by atoms with van der Waals surface area (Å²) in [5, 5.41) is 0. The van der Waals surface area contributed by atoms with E-state index in [-0.39, 0.29) is 11.0 Å². The molecule has 0 amide bonds. The predicted molar refractivity (Wildman–Crippen MR) is 91.6 cm³/mol. The summed E-state index contributed by atoms with van der Waals surface area (Å²) in [5.41, 5.74) is 35.4. The van der Waals surface area contributed by atoms with Crippen LogP contribution in [0.4, 0.5) is 0 Å². The molecule has 0 unspecified atom stereocenters. The minimum absolute atomic E-state index is 0.115. The Bertz CT molecular complexity index is 230. The Morgan fingerprint density at radius 3 is 1.14 bits per heavy atom. The molecule has 0 aromatic carbocycles. The van der Waals surface area contributed by atoms with Crippen molar-refractivity contribution in [2.24, 2.45) is 39.8 Å². The van der Waals surface area contributed by atoms with Gasteiger partial charge in [-0.3, -0.25) is 0 Å². The Hall–Kier alpha value is -0.240. The lowest BCUT2D eigenvalue weighted by molar-refractivity contribution is 0.0777. The first-order valence-corrected chi connectivity index (χ1v) is 8.35. The van der Waals surface area contributed by atoms with E-state index in [1.165, 1.54) is 0 Å². The summed E-state index contributed by atoms with van der Waals surface area (Å²) in [4.78, 5) is 0. The van der Waals surface area contributed by atoms with E-state index in [1.807, 2.05) is 0 Å². The second-order valence-electron chi connectivity index (χ2n) is 6.21. The average molecular weight is 303 g/mol. The summed E-state index contributed by atoms with van der Waals surface area (Å²) in [6, 6.07) is 0. The van der Waals surface area contributed by atoms with E-state index in [0.29, 0.717) is 32.7 Å². The molecule has 0 radical (unpaired) electrons. The van der Waals surface area contributed by atoms with Crippen molar-refractivity contribution >= 4 is 0 Å². The quantitative estimate of drug-likeness (QED) is 0.256. The predicted octanol–water partition coefficient (Wildman–Crippen LogP) is -0.415. The number of hydrogen-bond donors (Lipinski definition) is 6. The minimum Gasteiger partial charge on any atom is -0.330 e. The molecule has 6 nitrogen and oxygen atoms in total. The fraction of sp³-hybridized carbons (Fsp3) is 1.00. The van der Waals surface area contributed by atoms with Crippen LogP contribution in [-0.4, -0.2) is 38.3 Å². The van der Waals surface area contributed by atoms with Crippen LogP contribution >= 0.6 is 0 Å². The van der Waals surface area contributed by atoms with E-state index in [9.17, 15) is 0 Å². The van der Waals surface area contributed by atoms with Crippen molar-refractivity contribution in [3.63, 3.8) is 0 Å². The van der Waals surface area contributed by atoms with Gasteiger partial charge in [-0.2, -0.15) is 0 Å². The Kier molecular flexibility index (Phi) is 11.2. The Morgan fingerprint density at radius 2 is 0.857 bits per heavy atom. The van der Waals surface area contributed by atoms with E-state index in [2.05, 4.69) is 0 Å². The molecule has 128 valence electrons. The maximum atomic E-state index is 6.87. The maximum absolute atomic E-state index is 6.87. The van der Waals surface area contributed by atoms with Gasteiger partial charge in [0.2, 0.25) is 0 Å². The molecule has 0 heterocycles. The van der Waals surface area contributed by atoms with E-state index < -0.39 is 0 Å². The number of rotatable bonds is 14.